The van der Waals surface area contributed by atoms with Crippen molar-refractivity contribution in [2.75, 3.05) is 0 Å². The summed E-state index contributed by atoms with van der Waals surface area (Å²) in [5, 5.41) is 22.3. The zero-order valence-corrected chi connectivity index (χ0v) is 25.6. The Morgan fingerprint density at radius 1 is 0.590 bits per heavy atom. The molecule has 0 spiro atoms. The first kappa shape index (κ1) is 31.3. The molecule has 196 valence electrons. The predicted molar refractivity (Wildman–Crippen MR) is 142 cm³/mol. The van der Waals surface area contributed by atoms with Crippen LogP contribution in [0.2, 0.25) is 0 Å². The minimum Gasteiger partial charge on any atom is -0.545 e. The van der Waals surface area contributed by atoms with Crippen LogP contribution < -0.4 is 19.7 Å². The van der Waals surface area contributed by atoms with Crippen molar-refractivity contribution >= 4 is 11.9 Å². The van der Waals surface area contributed by atoms with E-state index >= 15 is 0 Å². The minimum atomic E-state index is -1.21. The molecule has 0 fully saturated rings. The Bertz CT molecular complexity index is 1290. The summed E-state index contributed by atoms with van der Waals surface area (Å²) in [6, 6.07) is 26.2. The van der Waals surface area contributed by atoms with Gasteiger partial charge in [-0.25, -0.2) is 0 Å². The Balaban J connectivity index is 0.000000267. The first-order valence-corrected chi connectivity index (χ1v) is 12.1. The van der Waals surface area contributed by atoms with Gasteiger partial charge in [-0.3, -0.25) is 0 Å². The maximum absolute atomic E-state index is 11.1. The van der Waals surface area contributed by atoms with Crippen molar-refractivity contribution in [3.63, 3.8) is 0 Å². The third-order valence-corrected chi connectivity index (χ3v) is 5.73. The number of ether oxygens (including phenoxy) is 2. The third kappa shape index (κ3) is 9.08. The summed E-state index contributed by atoms with van der Waals surface area (Å²) in [6.45, 7) is 8.04. The van der Waals surface area contributed by atoms with Crippen LogP contribution >= 0.6 is 0 Å². The number of aryl methyl sites for hydroxylation is 4. The van der Waals surface area contributed by atoms with Crippen LogP contribution in [0.5, 0.6) is 11.5 Å². The van der Waals surface area contributed by atoms with E-state index in [1.54, 1.807) is 12.1 Å². The van der Waals surface area contributed by atoms with E-state index in [-0.39, 0.29) is 30.6 Å². The molecule has 0 aliphatic rings. The molecule has 39 heavy (non-hydrogen) atoms. The molecule has 0 radical (unpaired) electrons. The number of carboxylic acids is 2. The van der Waals surface area contributed by atoms with Crippen LogP contribution in [0.1, 0.15) is 54.1 Å². The second-order valence-electron chi connectivity index (χ2n) is 9.04. The number of aromatic carboxylic acids is 2. The summed E-state index contributed by atoms with van der Waals surface area (Å²) in [5.41, 5.74) is 5.55. The molecule has 0 saturated heterocycles. The largest absolute Gasteiger partial charge is 2.00 e. The minimum absolute atomic E-state index is 0. The zero-order valence-electron chi connectivity index (χ0n) is 22.7. The van der Waals surface area contributed by atoms with Crippen molar-refractivity contribution in [1.82, 2.24) is 0 Å². The van der Waals surface area contributed by atoms with Crippen LogP contribution in [0.25, 0.3) is 0 Å². The topological polar surface area (TPSA) is 98.7 Å². The van der Waals surface area contributed by atoms with Gasteiger partial charge in [0.15, 0.2) is 0 Å². The van der Waals surface area contributed by atoms with Gasteiger partial charge in [0.05, 0.1) is 11.9 Å². The van der Waals surface area contributed by atoms with Gasteiger partial charge in [0.2, 0.25) is 0 Å². The van der Waals surface area contributed by atoms with Crippen LogP contribution in [-0.2, 0) is 32.7 Å². The zero-order chi connectivity index (χ0) is 27.7. The van der Waals surface area contributed by atoms with Gasteiger partial charge in [-0.15, -0.1) is 0 Å². The van der Waals surface area contributed by atoms with Crippen molar-refractivity contribution in [3.05, 3.63) is 129 Å². The summed E-state index contributed by atoms with van der Waals surface area (Å²) in [5.74, 6) is -1.66. The predicted octanol–water partition coefficient (Wildman–Crippen LogP) is 4.49. The maximum atomic E-state index is 11.1. The van der Waals surface area contributed by atoms with Gasteiger partial charge in [-0.1, -0.05) is 72.8 Å². The average Bonchev–Trinajstić information content (AvgIpc) is 2.88. The van der Waals surface area contributed by atoms with E-state index in [0.29, 0.717) is 24.7 Å². The number of carbonyl (C=O) groups excluding carboxylic acids is 2. The molecule has 7 heteroatoms. The van der Waals surface area contributed by atoms with E-state index in [2.05, 4.69) is 0 Å². The maximum Gasteiger partial charge on any atom is 2.00 e. The second-order valence-corrected chi connectivity index (χ2v) is 9.04. The second kappa shape index (κ2) is 14.8. The van der Waals surface area contributed by atoms with Crippen molar-refractivity contribution in [2.24, 2.45) is 0 Å². The fourth-order valence-corrected chi connectivity index (χ4v) is 4.05. The molecule has 4 rings (SSSR count). The molecule has 0 N–H and O–H groups in total. The average molecular weight is 576 g/mol. The van der Waals surface area contributed by atoms with Crippen molar-refractivity contribution in [3.8, 4) is 11.5 Å². The van der Waals surface area contributed by atoms with E-state index in [0.717, 1.165) is 33.4 Å². The van der Waals surface area contributed by atoms with E-state index in [1.165, 1.54) is 0 Å². The first-order valence-electron chi connectivity index (χ1n) is 12.1. The Kier molecular flexibility index (Phi) is 11.9. The van der Waals surface area contributed by atoms with Crippen LogP contribution in [0.15, 0.2) is 84.9 Å². The smallest absolute Gasteiger partial charge is 0.545 e. The van der Waals surface area contributed by atoms with Crippen LogP contribution in [0, 0.1) is 27.7 Å². The molecule has 0 aliphatic heterocycles. The van der Waals surface area contributed by atoms with Gasteiger partial charge < -0.3 is 29.3 Å². The molecule has 0 aliphatic carbocycles. The number of hydrogen-bond donors (Lipinski definition) is 0. The summed E-state index contributed by atoms with van der Waals surface area (Å²) in [6.07, 6.45) is 0. The standard InChI is InChI=1S/2C16H16O3.Zn/c2*1-11-8-12(2)15(14(9-11)16(17)18)19-10-13-6-4-3-5-7-13;/h2*3-9H,10H2,1-2H3,(H,17,18);/q;;+2/p-2. The molecule has 6 nitrogen and oxygen atoms in total. The fraction of sp³-hybridized carbons (Fsp3) is 0.188. The van der Waals surface area contributed by atoms with Crippen LogP contribution in [0.3, 0.4) is 0 Å². The van der Waals surface area contributed by atoms with Crippen LogP contribution in [-0.4, -0.2) is 11.9 Å². The molecule has 4 aromatic carbocycles. The van der Waals surface area contributed by atoms with Crippen molar-refractivity contribution in [2.45, 2.75) is 40.9 Å². The van der Waals surface area contributed by atoms with E-state index in [9.17, 15) is 19.8 Å². The number of hydrogen-bond acceptors (Lipinski definition) is 6. The number of rotatable bonds is 8. The Hall–Kier alpha value is -3.96. The van der Waals surface area contributed by atoms with Gasteiger partial charge in [-0.2, -0.15) is 0 Å². The Morgan fingerprint density at radius 3 is 1.23 bits per heavy atom. The molecule has 0 unspecified atom stereocenters. The van der Waals surface area contributed by atoms with Gasteiger partial charge >= 0.3 is 19.5 Å². The third-order valence-electron chi connectivity index (χ3n) is 5.73. The van der Waals surface area contributed by atoms with Gasteiger partial charge in [0, 0.05) is 11.1 Å². The van der Waals surface area contributed by atoms with Gasteiger partial charge in [-0.05, 0) is 73.2 Å². The van der Waals surface area contributed by atoms with Gasteiger partial charge in [0.25, 0.3) is 0 Å². The molecule has 0 saturated carbocycles. The summed E-state index contributed by atoms with van der Waals surface area (Å²) >= 11 is 0. The SMILES string of the molecule is Cc1cc(C)c(OCc2ccccc2)c(C(=O)[O-])c1.Cc1cc(C)c(OCc2ccccc2)c(C(=O)[O-])c1.[Zn+2]. The first-order chi connectivity index (χ1) is 18.2. The van der Waals surface area contributed by atoms with Crippen molar-refractivity contribution in [1.29, 1.82) is 0 Å². The van der Waals surface area contributed by atoms with E-state index < -0.39 is 11.9 Å². The quantitative estimate of drug-likeness (QED) is 0.287. The molecular weight excluding hydrogens is 546 g/mol. The molecule has 0 bridgehead atoms. The number of carbonyl (C=O) groups is 2. The summed E-state index contributed by atoms with van der Waals surface area (Å²) < 4.78 is 11.3. The summed E-state index contributed by atoms with van der Waals surface area (Å²) in [7, 11) is 0. The normalized spacial score (nSPS) is 9.95. The summed E-state index contributed by atoms with van der Waals surface area (Å²) in [4.78, 5) is 22.3. The Morgan fingerprint density at radius 2 is 0.923 bits per heavy atom. The number of carboxylic acid groups (broad SMARTS) is 2. The Labute approximate surface area is 242 Å². The number of benzene rings is 4. The molecule has 0 atom stereocenters. The molecule has 0 heterocycles. The molecule has 0 amide bonds. The van der Waals surface area contributed by atoms with E-state index in [1.807, 2.05) is 100 Å². The van der Waals surface area contributed by atoms with Crippen molar-refractivity contribution < 1.29 is 48.8 Å². The molecule has 0 aromatic heterocycles. The van der Waals surface area contributed by atoms with Gasteiger partial charge in [0.1, 0.15) is 24.7 Å². The van der Waals surface area contributed by atoms with E-state index in [4.69, 9.17) is 9.47 Å². The monoisotopic (exact) mass is 574 g/mol. The van der Waals surface area contributed by atoms with Crippen LogP contribution in [0.4, 0.5) is 0 Å². The molecular formula is C32H30O6Zn. The molecule has 4 aromatic rings. The fourth-order valence-electron chi connectivity index (χ4n) is 4.05.